The molecule has 0 radical (unpaired) electrons. The molecule has 1 aromatic rings. The van der Waals surface area contributed by atoms with Crippen molar-refractivity contribution in [3.8, 4) is 0 Å². The molecule has 0 aliphatic carbocycles. The number of rotatable bonds is 3. The molecule has 1 fully saturated rings. The van der Waals surface area contributed by atoms with Crippen LogP contribution in [-0.2, 0) is 14.8 Å². The summed E-state index contributed by atoms with van der Waals surface area (Å²) >= 11 is 0. The normalized spacial score (nSPS) is 26.9. The maximum absolute atomic E-state index is 12.7. The Kier molecular flexibility index (Phi) is 3.83. The summed E-state index contributed by atoms with van der Waals surface area (Å²) in [5.41, 5.74) is 7.10. The number of benzene rings is 1. The Morgan fingerprint density at radius 2 is 1.95 bits per heavy atom. The molecule has 6 heteroatoms. The number of nitrogen functional groups attached to an aromatic ring is 1. The predicted octanol–water partition coefficient (Wildman–Crippen LogP) is 1.73. The predicted molar refractivity (Wildman–Crippen MR) is 79.1 cm³/mol. The first kappa shape index (κ1) is 15.3. The van der Waals surface area contributed by atoms with Crippen LogP contribution in [0.3, 0.4) is 0 Å². The summed E-state index contributed by atoms with van der Waals surface area (Å²) in [6.45, 7) is 7.85. The highest BCUT2D eigenvalue weighted by atomic mass is 32.2. The van der Waals surface area contributed by atoms with Crippen LogP contribution in [0.4, 0.5) is 5.69 Å². The van der Waals surface area contributed by atoms with Gasteiger partial charge in [0.05, 0.1) is 17.3 Å². The SMILES string of the molecule is Cc1ccc(C)c(S(=O)(=O)NC2(C)CCOC2C)c1N. The van der Waals surface area contributed by atoms with Gasteiger partial charge in [0.2, 0.25) is 10.0 Å². The van der Waals surface area contributed by atoms with Crippen LogP contribution in [0.1, 0.15) is 31.4 Å². The second kappa shape index (κ2) is 5.02. The fourth-order valence-electron chi connectivity index (χ4n) is 2.49. The van der Waals surface area contributed by atoms with E-state index < -0.39 is 15.6 Å². The van der Waals surface area contributed by atoms with E-state index in [1.807, 2.05) is 19.9 Å². The number of nitrogens with one attached hydrogen (secondary N) is 1. The summed E-state index contributed by atoms with van der Waals surface area (Å²) in [6, 6.07) is 3.60. The van der Waals surface area contributed by atoms with Crippen LogP contribution in [0.5, 0.6) is 0 Å². The van der Waals surface area contributed by atoms with Crippen molar-refractivity contribution in [3.63, 3.8) is 0 Å². The number of aryl methyl sites for hydroxylation is 2. The molecule has 0 aromatic heterocycles. The van der Waals surface area contributed by atoms with Crippen LogP contribution in [0.25, 0.3) is 0 Å². The van der Waals surface area contributed by atoms with Crippen molar-refractivity contribution in [2.24, 2.45) is 0 Å². The average Bonchev–Trinajstić information content (AvgIpc) is 2.63. The first-order valence-electron chi connectivity index (χ1n) is 6.68. The molecule has 3 N–H and O–H groups in total. The van der Waals surface area contributed by atoms with Crippen LogP contribution in [0, 0.1) is 13.8 Å². The van der Waals surface area contributed by atoms with Crippen molar-refractivity contribution < 1.29 is 13.2 Å². The molecule has 0 spiro atoms. The lowest BCUT2D eigenvalue weighted by Gasteiger charge is -2.29. The van der Waals surface area contributed by atoms with Gasteiger partial charge in [0.25, 0.3) is 0 Å². The molecule has 2 atom stereocenters. The molecule has 1 aliphatic rings. The van der Waals surface area contributed by atoms with Gasteiger partial charge in [-0.3, -0.25) is 0 Å². The Balaban J connectivity index is 2.44. The van der Waals surface area contributed by atoms with E-state index in [1.54, 1.807) is 19.9 Å². The van der Waals surface area contributed by atoms with Gasteiger partial charge < -0.3 is 10.5 Å². The summed E-state index contributed by atoms with van der Waals surface area (Å²) in [6.07, 6.45) is 0.488. The van der Waals surface area contributed by atoms with E-state index in [0.717, 1.165) is 5.56 Å². The standard InChI is InChI=1S/C14H22N2O3S/c1-9-5-6-10(2)13(12(9)15)20(17,18)16-14(4)7-8-19-11(14)3/h5-6,11,16H,7-8,15H2,1-4H3. The molecular weight excluding hydrogens is 276 g/mol. The molecular formula is C14H22N2O3S. The summed E-state index contributed by atoms with van der Waals surface area (Å²) in [5.74, 6) is 0. The van der Waals surface area contributed by atoms with E-state index in [9.17, 15) is 8.42 Å². The third kappa shape index (κ3) is 2.55. The Morgan fingerprint density at radius 1 is 1.35 bits per heavy atom. The quantitative estimate of drug-likeness (QED) is 0.833. The molecule has 2 rings (SSSR count). The average molecular weight is 298 g/mol. The lowest BCUT2D eigenvalue weighted by atomic mass is 9.97. The molecule has 2 unspecified atom stereocenters. The van der Waals surface area contributed by atoms with Gasteiger partial charge in [-0.05, 0) is 45.2 Å². The monoisotopic (exact) mass is 298 g/mol. The Labute approximate surface area is 120 Å². The van der Waals surface area contributed by atoms with Crippen LogP contribution >= 0.6 is 0 Å². The number of hydrogen-bond acceptors (Lipinski definition) is 4. The summed E-state index contributed by atoms with van der Waals surface area (Å²) in [4.78, 5) is 0.179. The third-order valence-corrected chi connectivity index (χ3v) is 5.95. The van der Waals surface area contributed by atoms with E-state index in [0.29, 0.717) is 24.3 Å². The molecule has 1 saturated heterocycles. The maximum Gasteiger partial charge on any atom is 0.243 e. The van der Waals surface area contributed by atoms with Crippen LogP contribution in [0.15, 0.2) is 17.0 Å². The van der Waals surface area contributed by atoms with Gasteiger partial charge in [-0.25, -0.2) is 13.1 Å². The minimum absolute atomic E-state index is 0.163. The van der Waals surface area contributed by atoms with Gasteiger partial charge in [0.15, 0.2) is 0 Å². The molecule has 0 amide bonds. The number of ether oxygens (including phenoxy) is 1. The smallest absolute Gasteiger partial charge is 0.243 e. The second-order valence-electron chi connectivity index (χ2n) is 5.73. The van der Waals surface area contributed by atoms with Crippen molar-refractivity contribution in [2.75, 3.05) is 12.3 Å². The zero-order valence-corrected chi connectivity index (χ0v) is 13.2. The van der Waals surface area contributed by atoms with Crippen molar-refractivity contribution in [3.05, 3.63) is 23.3 Å². The largest absolute Gasteiger partial charge is 0.397 e. The van der Waals surface area contributed by atoms with Crippen molar-refractivity contribution in [1.82, 2.24) is 4.72 Å². The minimum Gasteiger partial charge on any atom is -0.397 e. The lowest BCUT2D eigenvalue weighted by Crippen LogP contribution is -2.50. The van der Waals surface area contributed by atoms with Gasteiger partial charge in [0.1, 0.15) is 4.90 Å². The maximum atomic E-state index is 12.7. The summed E-state index contributed by atoms with van der Waals surface area (Å²) in [5, 5.41) is 0. The number of sulfonamides is 1. The van der Waals surface area contributed by atoms with Crippen LogP contribution < -0.4 is 10.5 Å². The van der Waals surface area contributed by atoms with E-state index >= 15 is 0 Å². The van der Waals surface area contributed by atoms with Crippen molar-refractivity contribution in [2.45, 2.75) is 50.7 Å². The first-order chi connectivity index (χ1) is 9.17. The molecule has 0 saturated carbocycles. The van der Waals surface area contributed by atoms with Crippen molar-refractivity contribution >= 4 is 15.7 Å². The van der Waals surface area contributed by atoms with Gasteiger partial charge >= 0.3 is 0 Å². The molecule has 5 nitrogen and oxygen atoms in total. The van der Waals surface area contributed by atoms with E-state index in [1.165, 1.54) is 0 Å². The topological polar surface area (TPSA) is 81.4 Å². The second-order valence-corrected chi connectivity index (χ2v) is 7.35. The molecule has 112 valence electrons. The fourth-order valence-corrected chi connectivity index (χ4v) is 4.42. The highest BCUT2D eigenvalue weighted by Crippen LogP contribution is 2.31. The Bertz CT molecular complexity index is 628. The minimum atomic E-state index is -3.67. The van der Waals surface area contributed by atoms with Crippen molar-refractivity contribution in [1.29, 1.82) is 0 Å². The molecule has 1 heterocycles. The van der Waals surface area contributed by atoms with Crippen LogP contribution in [-0.4, -0.2) is 26.7 Å². The van der Waals surface area contributed by atoms with E-state index in [-0.39, 0.29) is 11.0 Å². The number of nitrogens with two attached hydrogens (primary N) is 1. The Hall–Kier alpha value is -1.11. The zero-order valence-electron chi connectivity index (χ0n) is 12.4. The summed E-state index contributed by atoms with van der Waals surface area (Å²) < 4.78 is 33.6. The molecule has 1 aliphatic heterocycles. The molecule has 1 aromatic carbocycles. The van der Waals surface area contributed by atoms with Gasteiger partial charge in [-0.2, -0.15) is 0 Å². The number of hydrogen-bond donors (Lipinski definition) is 2. The highest BCUT2D eigenvalue weighted by molar-refractivity contribution is 7.89. The lowest BCUT2D eigenvalue weighted by molar-refractivity contribution is 0.0957. The molecule has 0 bridgehead atoms. The highest BCUT2D eigenvalue weighted by Gasteiger charge is 2.41. The number of anilines is 1. The zero-order chi connectivity index (χ0) is 15.1. The van der Waals surface area contributed by atoms with Gasteiger partial charge in [-0.1, -0.05) is 12.1 Å². The van der Waals surface area contributed by atoms with Crippen LogP contribution in [0.2, 0.25) is 0 Å². The Morgan fingerprint density at radius 3 is 2.50 bits per heavy atom. The first-order valence-corrected chi connectivity index (χ1v) is 8.17. The third-order valence-electron chi connectivity index (χ3n) is 4.13. The van der Waals surface area contributed by atoms with Gasteiger partial charge in [-0.15, -0.1) is 0 Å². The fraction of sp³-hybridized carbons (Fsp3) is 0.571. The molecule has 20 heavy (non-hydrogen) atoms. The summed E-state index contributed by atoms with van der Waals surface area (Å²) in [7, 11) is -3.67. The van der Waals surface area contributed by atoms with E-state index in [4.69, 9.17) is 10.5 Å². The van der Waals surface area contributed by atoms with E-state index in [2.05, 4.69) is 4.72 Å². The van der Waals surface area contributed by atoms with Gasteiger partial charge in [0, 0.05) is 6.61 Å².